The van der Waals surface area contributed by atoms with Crippen molar-refractivity contribution in [2.75, 3.05) is 39.4 Å². The molecule has 0 bridgehead atoms. The second-order valence-electron chi connectivity index (χ2n) is 7.29. The number of carboxylic acid groups (broad SMARTS) is 1. The van der Waals surface area contributed by atoms with E-state index in [-0.39, 0.29) is 25.4 Å². The van der Waals surface area contributed by atoms with Gasteiger partial charge in [0.2, 0.25) is 5.91 Å². The van der Waals surface area contributed by atoms with Crippen LogP contribution in [0.3, 0.4) is 0 Å². The molecule has 136 valence electrons. The van der Waals surface area contributed by atoms with Gasteiger partial charge in [0, 0.05) is 26.2 Å². The first-order chi connectivity index (χ1) is 11.2. The average molecular weight is 342 g/mol. The molecule has 2 aliphatic heterocycles. The molecule has 0 saturated carbocycles. The quantitative estimate of drug-likeness (QED) is 0.797. The molecule has 2 fully saturated rings. The summed E-state index contributed by atoms with van der Waals surface area (Å²) >= 11 is 0. The summed E-state index contributed by atoms with van der Waals surface area (Å²) in [5.41, 5.74) is -0.670. The molecule has 0 aromatic carbocycles. The van der Waals surface area contributed by atoms with Crippen molar-refractivity contribution in [2.45, 2.75) is 32.8 Å². The van der Waals surface area contributed by atoms with Crippen molar-refractivity contribution < 1.29 is 29.0 Å². The van der Waals surface area contributed by atoms with Gasteiger partial charge in [0.05, 0.1) is 25.0 Å². The van der Waals surface area contributed by atoms with Gasteiger partial charge in [-0.05, 0) is 27.2 Å². The number of carbonyl (C=O) groups excluding carboxylic acids is 2. The lowest BCUT2D eigenvalue weighted by atomic mass is 9.88. The van der Waals surface area contributed by atoms with E-state index in [4.69, 9.17) is 9.47 Å². The minimum absolute atomic E-state index is 0.0666. The third-order valence-corrected chi connectivity index (χ3v) is 4.12. The second-order valence-corrected chi connectivity index (χ2v) is 7.29. The highest BCUT2D eigenvalue weighted by molar-refractivity contribution is 5.82. The normalized spacial score (nSPS) is 25.3. The molecule has 2 amide bonds. The largest absolute Gasteiger partial charge is 0.481 e. The minimum Gasteiger partial charge on any atom is -0.481 e. The predicted octanol–water partition coefficient (Wildman–Crippen LogP) is 0.803. The van der Waals surface area contributed by atoms with E-state index in [1.807, 2.05) is 0 Å². The van der Waals surface area contributed by atoms with E-state index in [1.165, 1.54) is 4.90 Å². The average Bonchev–Trinajstić information content (AvgIpc) is 2.53. The first-order valence-corrected chi connectivity index (χ1v) is 8.24. The van der Waals surface area contributed by atoms with E-state index < -0.39 is 29.5 Å². The van der Waals surface area contributed by atoms with Crippen molar-refractivity contribution in [1.82, 2.24) is 9.80 Å². The first kappa shape index (κ1) is 18.5. The summed E-state index contributed by atoms with van der Waals surface area (Å²) in [6.45, 7) is 7.47. The topological polar surface area (TPSA) is 96.4 Å². The summed E-state index contributed by atoms with van der Waals surface area (Å²) in [6.07, 6.45) is -0.335. The molecule has 0 aromatic heterocycles. The summed E-state index contributed by atoms with van der Waals surface area (Å²) in [5, 5.41) is 9.36. The van der Waals surface area contributed by atoms with Crippen LogP contribution in [0.1, 0.15) is 27.2 Å². The van der Waals surface area contributed by atoms with Gasteiger partial charge in [0.1, 0.15) is 5.60 Å². The number of aliphatic carboxylic acids is 1. The highest BCUT2D eigenvalue weighted by atomic mass is 16.6. The number of morpholine rings is 1. The highest BCUT2D eigenvalue weighted by Gasteiger charge is 2.40. The van der Waals surface area contributed by atoms with Crippen molar-refractivity contribution >= 4 is 18.0 Å². The van der Waals surface area contributed by atoms with Crippen LogP contribution in [0, 0.1) is 11.8 Å². The zero-order valence-electron chi connectivity index (χ0n) is 14.5. The second kappa shape index (κ2) is 7.38. The standard InChI is InChI=1S/C16H26N2O6/c1-16(2,3)24-15(22)18-9-11(8-12(10-18)14(20)21)13(19)17-4-6-23-7-5-17/h11-12H,4-10H2,1-3H3,(H,20,21). The maximum Gasteiger partial charge on any atom is 0.410 e. The zero-order chi connectivity index (χ0) is 17.9. The van der Waals surface area contributed by atoms with Gasteiger partial charge in [0.15, 0.2) is 0 Å². The van der Waals surface area contributed by atoms with Crippen molar-refractivity contribution in [3.05, 3.63) is 0 Å². The Morgan fingerprint density at radius 3 is 2.17 bits per heavy atom. The Bertz CT molecular complexity index is 495. The van der Waals surface area contributed by atoms with Gasteiger partial charge < -0.3 is 24.4 Å². The van der Waals surface area contributed by atoms with Crippen molar-refractivity contribution in [3.63, 3.8) is 0 Å². The number of carboxylic acids is 1. The summed E-state index contributed by atoms with van der Waals surface area (Å²) < 4.78 is 10.6. The Labute approximate surface area is 141 Å². The van der Waals surface area contributed by atoms with Gasteiger partial charge in [-0.25, -0.2) is 4.79 Å². The number of hydrogen-bond donors (Lipinski definition) is 1. The first-order valence-electron chi connectivity index (χ1n) is 8.24. The molecule has 8 nitrogen and oxygen atoms in total. The summed E-state index contributed by atoms with van der Waals surface area (Å²) in [4.78, 5) is 39.4. The lowest BCUT2D eigenvalue weighted by Crippen LogP contribution is -2.53. The number of hydrogen-bond acceptors (Lipinski definition) is 5. The van der Waals surface area contributed by atoms with E-state index >= 15 is 0 Å². The van der Waals surface area contributed by atoms with Crippen LogP contribution >= 0.6 is 0 Å². The molecular formula is C16H26N2O6. The number of piperidine rings is 1. The third kappa shape index (κ3) is 4.83. The molecule has 0 aliphatic carbocycles. The van der Waals surface area contributed by atoms with Crippen LogP contribution < -0.4 is 0 Å². The van der Waals surface area contributed by atoms with Crippen molar-refractivity contribution in [1.29, 1.82) is 0 Å². The fraction of sp³-hybridized carbons (Fsp3) is 0.812. The fourth-order valence-electron chi connectivity index (χ4n) is 2.97. The molecule has 0 radical (unpaired) electrons. The van der Waals surface area contributed by atoms with Crippen LogP contribution in [-0.4, -0.2) is 77.9 Å². The zero-order valence-corrected chi connectivity index (χ0v) is 14.5. The number of nitrogens with zero attached hydrogens (tertiary/aromatic N) is 2. The Hall–Kier alpha value is -1.83. The number of rotatable bonds is 2. The van der Waals surface area contributed by atoms with Crippen molar-refractivity contribution in [2.24, 2.45) is 11.8 Å². The van der Waals surface area contributed by atoms with Gasteiger partial charge in [0.25, 0.3) is 0 Å². The van der Waals surface area contributed by atoms with Gasteiger partial charge in [-0.1, -0.05) is 0 Å². The van der Waals surface area contributed by atoms with Gasteiger partial charge in [-0.15, -0.1) is 0 Å². The van der Waals surface area contributed by atoms with Crippen LogP contribution in [-0.2, 0) is 19.1 Å². The van der Waals surface area contributed by atoms with E-state index in [1.54, 1.807) is 25.7 Å². The van der Waals surface area contributed by atoms with Crippen LogP contribution in [0.15, 0.2) is 0 Å². The van der Waals surface area contributed by atoms with Crippen molar-refractivity contribution in [3.8, 4) is 0 Å². The SMILES string of the molecule is CC(C)(C)OC(=O)N1CC(C(=O)O)CC(C(=O)N2CCOCC2)C1. The summed E-state index contributed by atoms with van der Waals surface area (Å²) in [7, 11) is 0. The van der Waals surface area contributed by atoms with Crippen LogP contribution in [0.4, 0.5) is 4.79 Å². The van der Waals surface area contributed by atoms with E-state index in [9.17, 15) is 19.5 Å². The molecule has 2 heterocycles. The van der Waals surface area contributed by atoms with E-state index in [0.717, 1.165) is 0 Å². The monoisotopic (exact) mass is 342 g/mol. The van der Waals surface area contributed by atoms with Crippen LogP contribution in [0.2, 0.25) is 0 Å². The van der Waals surface area contributed by atoms with E-state index in [2.05, 4.69) is 0 Å². The molecule has 24 heavy (non-hydrogen) atoms. The molecule has 2 aliphatic rings. The molecule has 2 unspecified atom stereocenters. The maximum absolute atomic E-state index is 12.7. The molecule has 8 heteroatoms. The van der Waals surface area contributed by atoms with E-state index in [0.29, 0.717) is 26.3 Å². The molecular weight excluding hydrogens is 316 g/mol. The summed E-state index contributed by atoms with van der Waals surface area (Å²) in [6, 6.07) is 0. The number of carbonyl (C=O) groups is 3. The van der Waals surface area contributed by atoms with Crippen LogP contribution in [0.25, 0.3) is 0 Å². The number of amides is 2. The Morgan fingerprint density at radius 1 is 1.04 bits per heavy atom. The summed E-state index contributed by atoms with van der Waals surface area (Å²) in [5.74, 6) is -2.40. The molecule has 2 atom stereocenters. The van der Waals surface area contributed by atoms with Gasteiger partial charge in [-0.3, -0.25) is 9.59 Å². The minimum atomic E-state index is -0.997. The maximum atomic E-state index is 12.7. The molecule has 2 saturated heterocycles. The molecule has 0 aromatic rings. The Kier molecular flexibility index (Phi) is 5.69. The predicted molar refractivity (Wildman–Crippen MR) is 84.4 cm³/mol. The lowest BCUT2D eigenvalue weighted by Gasteiger charge is -2.38. The molecule has 0 spiro atoms. The van der Waals surface area contributed by atoms with Gasteiger partial charge in [-0.2, -0.15) is 0 Å². The number of likely N-dealkylation sites (tertiary alicyclic amines) is 1. The number of ether oxygens (including phenoxy) is 2. The lowest BCUT2D eigenvalue weighted by molar-refractivity contribution is -0.148. The Balaban J connectivity index is 2.08. The smallest absolute Gasteiger partial charge is 0.410 e. The third-order valence-electron chi connectivity index (χ3n) is 4.12. The molecule has 1 N–H and O–H groups in total. The fourth-order valence-corrected chi connectivity index (χ4v) is 2.97. The molecule has 2 rings (SSSR count). The van der Waals surface area contributed by atoms with Gasteiger partial charge >= 0.3 is 12.1 Å². The Morgan fingerprint density at radius 2 is 1.62 bits per heavy atom. The highest BCUT2D eigenvalue weighted by Crippen LogP contribution is 2.26. The van der Waals surface area contributed by atoms with Crippen LogP contribution in [0.5, 0.6) is 0 Å².